The molecular weight excluding hydrogens is 198 g/mol. The number of alkyl halides is 1. The minimum atomic E-state index is 0.620. The third kappa shape index (κ3) is 1.85. The average Bonchev–Trinajstić information content (AvgIpc) is 2.13. The van der Waals surface area contributed by atoms with Crippen LogP contribution in [0.25, 0.3) is 0 Å². The molecule has 54 valence electrons. The molecule has 0 aromatic rings. The summed E-state index contributed by atoms with van der Waals surface area (Å²) in [6.45, 7) is 3.45. The highest BCUT2D eigenvalue weighted by Crippen LogP contribution is 2.27. The zero-order chi connectivity index (χ0) is 6.85. The molecule has 2 atom stereocenters. The largest absolute Gasteiger partial charge is 0.293 e. The van der Waals surface area contributed by atoms with Crippen LogP contribution in [0.2, 0.25) is 0 Å². The summed E-state index contributed by atoms with van der Waals surface area (Å²) in [5.74, 6) is 1.29. The highest BCUT2D eigenvalue weighted by molar-refractivity contribution is 9.09. The quantitative estimate of drug-likeness (QED) is 0.607. The molecule has 0 amide bonds. The highest BCUT2D eigenvalue weighted by atomic mass is 79.9. The predicted octanol–water partition coefficient (Wildman–Crippen LogP) is 1.77. The van der Waals surface area contributed by atoms with Gasteiger partial charge in [0.2, 0.25) is 0 Å². The maximum absolute atomic E-state index is 3.58. The van der Waals surface area contributed by atoms with E-state index in [1.165, 1.54) is 12.3 Å². The van der Waals surface area contributed by atoms with Gasteiger partial charge in [0.1, 0.15) is 0 Å². The first-order valence-corrected chi connectivity index (χ1v) is 5.14. The van der Waals surface area contributed by atoms with E-state index in [-0.39, 0.29) is 0 Å². The molecule has 1 rings (SSSR count). The van der Waals surface area contributed by atoms with E-state index in [0.29, 0.717) is 10.2 Å². The Labute approximate surface area is 69.3 Å². The van der Waals surface area contributed by atoms with Crippen molar-refractivity contribution in [2.45, 2.75) is 17.1 Å². The second-order valence-electron chi connectivity index (χ2n) is 2.42. The van der Waals surface area contributed by atoms with E-state index in [2.05, 4.69) is 34.8 Å². The summed E-state index contributed by atoms with van der Waals surface area (Å²) in [6.07, 6.45) is 0. The third-order valence-electron chi connectivity index (χ3n) is 1.56. The summed E-state index contributed by atoms with van der Waals surface area (Å²) in [7, 11) is 2.18. The van der Waals surface area contributed by atoms with Crippen molar-refractivity contribution in [2.75, 3.05) is 19.3 Å². The molecule has 0 aromatic carbocycles. The van der Waals surface area contributed by atoms with Crippen molar-refractivity contribution in [3.63, 3.8) is 0 Å². The first-order valence-electron chi connectivity index (χ1n) is 3.17. The Kier molecular flexibility index (Phi) is 2.86. The molecule has 1 heterocycles. The average molecular weight is 210 g/mol. The first-order chi connectivity index (χ1) is 4.22. The molecule has 0 aliphatic carbocycles. The van der Waals surface area contributed by atoms with Crippen LogP contribution < -0.4 is 0 Å². The van der Waals surface area contributed by atoms with Gasteiger partial charge in [0.15, 0.2) is 0 Å². The van der Waals surface area contributed by atoms with E-state index in [4.69, 9.17) is 0 Å². The zero-order valence-corrected chi connectivity index (χ0v) is 8.20. The summed E-state index contributed by atoms with van der Waals surface area (Å²) in [5, 5.41) is 0.699. The molecule has 0 spiro atoms. The van der Waals surface area contributed by atoms with E-state index >= 15 is 0 Å². The fourth-order valence-electron chi connectivity index (χ4n) is 1.06. The molecule has 0 saturated carbocycles. The van der Waals surface area contributed by atoms with Gasteiger partial charge in [-0.15, -0.1) is 11.8 Å². The monoisotopic (exact) mass is 209 g/mol. The Morgan fingerprint density at radius 1 is 1.78 bits per heavy atom. The van der Waals surface area contributed by atoms with Crippen LogP contribution in [-0.4, -0.2) is 34.4 Å². The minimum Gasteiger partial charge on any atom is -0.293 e. The van der Waals surface area contributed by atoms with Gasteiger partial charge in [0, 0.05) is 17.1 Å². The molecule has 1 saturated heterocycles. The maximum atomic E-state index is 3.58. The zero-order valence-electron chi connectivity index (χ0n) is 5.80. The molecule has 0 bridgehead atoms. The molecule has 9 heavy (non-hydrogen) atoms. The van der Waals surface area contributed by atoms with Crippen molar-refractivity contribution in [3.8, 4) is 0 Å². The summed E-state index contributed by atoms with van der Waals surface area (Å²) < 4.78 is 0. The molecule has 1 nitrogen and oxygen atoms in total. The Balaban J connectivity index is 2.40. The van der Waals surface area contributed by atoms with Gasteiger partial charge < -0.3 is 0 Å². The van der Waals surface area contributed by atoms with Gasteiger partial charge in [-0.2, -0.15) is 0 Å². The maximum Gasteiger partial charge on any atom is 0.0679 e. The van der Waals surface area contributed by atoms with Crippen molar-refractivity contribution >= 4 is 27.7 Å². The van der Waals surface area contributed by atoms with E-state index in [1.54, 1.807) is 0 Å². The lowest BCUT2D eigenvalue weighted by atomic mass is 10.4. The number of nitrogens with zero attached hydrogens (tertiary/aromatic N) is 1. The lowest BCUT2D eigenvalue weighted by molar-refractivity contribution is 0.353. The van der Waals surface area contributed by atoms with Crippen LogP contribution in [0.5, 0.6) is 0 Å². The summed E-state index contributed by atoms with van der Waals surface area (Å²) >= 11 is 5.62. The fourth-order valence-corrected chi connectivity index (χ4v) is 3.18. The summed E-state index contributed by atoms with van der Waals surface area (Å²) in [4.78, 5) is 3.01. The second-order valence-corrected chi connectivity index (χ2v) is 5.09. The van der Waals surface area contributed by atoms with Crippen molar-refractivity contribution in [1.29, 1.82) is 0 Å². The highest BCUT2D eigenvalue weighted by Gasteiger charge is 2.24. The number of hydrogen-bond acceptors (Lipinski definition) is 2. The summed E-state index contributed by atoms with van der Waals surface area (Å²) in [6, 6.07) is 0. The normalized spacial score (nSPS) is 33.0. The van der Waals surface area contributed by atoms with Crippen LogP contribution in [0.3, 0.4) is 0 Å². The molecule has 3 heteroatoms. The Bertz CT molecular complexity index is 97.1. The number of hydrogen-bond donors (Lipinski definition) is 0. The Hall–Kier alpha value is 0.790. The predicted molar refractivity (Wildman–Crippen MR) is 47.3 cm³/mol. The van der Waals surface area contributed by atoms with Crippen LogP contribution in [0, 0.1) is 0 Å². The molecule has 0 radical (unpaired) electrons. The molecule has 1 fully saturated rings. The topological polar surface area (TPSA) is 3.24 Å². The van der Waals surface area contributed by atoms with E-state index in [9.17, 15) is 0 Å². The van der Waals surface area contributed by atoms with E-state index < -0.39 is 0 Å². The number of rotatable bonds is 1. The molecular formula is C6H12BrNS. The molecule has 2 unspecified atom stereocenters. The van der Waals surface area contributed by atoms with E-state index in [0.717, 1.165) is 0 Å². The van der Waals surface area contributed by atoms with Crippen LogP contribution in [-0.2, 0) is 0 Å². The van der Waals surface area contributed by atoms with Crippen LogP contribution >= 0.6 is 27.7 Å². The van der Waals surface area contributed by atoms with Gasteiger partial charge >= 0.3 is 0 Å². The van der Waals surface area contributed by atoms with Crippen LogP contribution in [0.4, 0.5) is 0 Å². The van der Waals surface area contributed by atoms with Crippen molar-refractivity contribution < 1.29 is 0 Å². The van der Waals surface area contributed by atoms with Crippen LogP contribution in [0.1, 0.15) is 6.92 Å². The van der Waals surface area contributed by atoms with Gasteiger partial charge in [-0.25, -0.2) is 0 Å². The van der Waals surface area contributed by atoms with Crippen molar-refractivity contribution in [2.24, 2.45) is 0 Å². The molecule has 1 aliphatic rings. The Morgan fingerprint density at radius 3 is 2.67 bits per heavy atom. The second kappa shape index (κ2) is 3.26. The molecule has 0 N–H and O–H groups in total. The lowest BCUT2D eigenvalue weighted by Gasteiger charge is -2.20. The molecule has 0 aromatic heterocycles. The lowest BCUT2D eigenvalue weighted by Crippen LogP contribution is -2.29. The standard InChI is InChI=1S/C6H12BrNS/c1-5(7)6-8(2)3-4-9-6/h5-6H,3-4H2,1-2H3. The van der Waals surface area contributed by atoms with E-state index in [1.807, 2.05) is 11.8 Å². The smallest absolute Gasteiger partial charge is 0.0679 e. The SMILES string of the molecule is CC(Br)C1SCCN1C. The fraction of sp³-hybridized carbons (Fsp3) is 1.00. The number of halogens is 1. The molecule has 1 aliphatic heterocycles. The third-order valence-corrected chi connectivity index (χ3v) is 3.94. The van der Waals surface area contributed by atoms with Gasteiger partial charge in [-0.05, 0) is 7.05 Å². The minimum absolute atomic E-state index is 0.620. The van der Waals surface area contributed by atoms with Gasteiger partial charge in [-0.3, -0.25) is 4.90 Å². The van der Waals surface area contributed by atoms with Gasteiger partial charge in [0.05, 0.1) is 5.37 Å². The van der Waals surface area contributed by atoms with Crippen LogP contribution in [0.15, 0.2) is 0 Å². The van der Waals surface area contributed by atoms with Crippen molar-refractivity contribution in [1.82, 2.24) is 4.90 Å². The summed E-state index contributed by atoms with van der Waals surface area (Å²) in [5.41, 5.74) is 0. The number of thioether (sulfide) groups is 1. The van der Waals surface area contributed by atoms with Gasteiger partial charge in [-0.1, -0.05) is 22.9 Å². The van der Waals surface area contributed by atoms with Gasteiger partial charge in [0.25, 0.3) is 0 Å². The Morgan fingerprint density at radius 2 is 2.44 bits per heavy atom. The first kappa shape index (κ1) is 7.89. The van der Waals surface area contributed by atoms with Crippen molar-refractivity contribution in [3.05, 3.63) is 0 Å².